The van der Waals surface area contributed by atoms with Gasteiger partial charge in [-0.15, -0.1) is 0 Å². The number of amides is 2. The van der Waals surface area contributed by atoms with Gasteiger partial charge in [-0.25, -0.2) is 8.42 Å². The number of rotatable bonds is 10. The number of hydrogen-bond donors (Lipinski definition) is 1. The van der Waals surface area contributed by atoms with E-state index < -0.39 is 28.5 Å². The van der Waals surface area contributed by atoms with Gasteiger partial charge in [0.15, 0.2) is 0 Å². The Morgan fingerprint density at radius 1 is 0.872 bits per heavy atom. The van der Waals surface area contributed by atoms with Crippen molar-refractivity contribution in [3.63, 3.8) is 0 Å². The molecule has 0 aliphatic rings. The van der Waals surface area contributed by atoms with Crippen molar-refractivity contribution in [2.24, 2.45) is 0 Å². The third kappa shape index (κ3) is 7.88. The molecule has 3 aromatic rings. The Kier molecular flexibility index (Phi) is 10.3. The van der Waals surface area contributed by atoms with E-state index in [9.17, 15) is 18.0 Å². The Morgan fingerprint density at radius 3 is 2.05 bits per heavy atom. The normalized spacial score (nSPS) is 12.2. The minimum atomic E-state index is -4.21. The van der Waals surface area contributed by atoms with Gasteiger partial charge in [-0.2, -0.15) is 0 Å². The molecule has 208 valence electrons. The number of carbonyl (C=O) groups excluding carboxylic acids is 2. The number of sulfonamides is 1. The molecule has 3 aromatic carbocycles. The summed E-state index contributed by atoms with van der Waals surface area (Å²) in [5, 5.41) is 3.71. The first-order chi connectivity index (χ1) is 18.3. The maximum atomic E-state index is 13.9. The fraction of sp³-hybridized carbons (Fsp3) is 0.286. The molecule has 0 bridgehead atoms. The smallest absolute Gasteiger partial charge is 0.264 e. The molecule has 0 saturated heterocycles. The molecule has 0 aliphatic carbocycles. The summed E-state index contributed by atoms with van der Waals surface area (Å²) in [6.45, 7) is 6.55. The lowest BCUT2D eigenvalue weighted by molar-refractivity contribution is -0.139. The number of anilines is 1. The van der Waals surface area contributed by atoms with Crippen molar-refractivity contribution >= 4 is 62.3 Å². The van der Waals surface area contributed by atoms with Crippen LogP contribution in [0.25, 0.3) is 0 Å². The van der Waals surface area contributed by atoms with E-state index in [-0.39, 0.29) is 39.1 Å². The van der Waals surface area contributed by atoms with Gasteiger partial charge in [-0.05, 0) is 75.7 Å². The maximum Gasteiger partial charge on any atom is 0.264 e. The second-order valence-electron chi connectivity index (χ2n) is 9.41. The molecular weight excluding hydrogens is 581 g/mol. The van der Waals surface area contributed by atoms with Crippen molar-refractivity contribution in [1.82, 2.24) is 10.2 Å². The van der Waals surface area contributed by atoms with E-state index in [2.05, 4.69) is 5.32 Å². The summed E-state index contributed by atoms with van der Waals surface area (Å²) in [6, 6.07) is 16.4. The van der Waals surface area contributed by atoms with Gasteiger partial charge in [0.2, 0.25) is 11.8 Å². The lowest BCUT2D eigenvalue weighted by atomic mass is 10.1. The van der Waals surface area contributed by atoms with Crippen LogP contribution in [0.3, 0.4) is 0 Å². The fourth-order valence-corrected chi connectivity index (χ4v) is 5.60. The maximum absolute atomic E-state index is 13.9. The van der Waals surface area contributed by atoms with Gasteiger partial charge < -0.3 is 10.2 Å². The van der Waals surface area contributed by atoms with Gasteiger partial charge >= 0.3 is 0 Å². The molecule has 0 radical (unpaired) electrons. The first-order valence-corrected chi connectivity index (χ1v) is 14.8. The highest BCUT2D eigenvalue weighted by molar-refractivity contribution is 7.92. The van der Waals surface area contributed by atoms with Crippen molar-refractivity contribution in [3.05, 3.63) is 92.9 Å². The van der Waals surface area contributed by atoms with E-state index in [0.29, 0.717) is 5.02 Å². The summed E-state index contributed by atoms with van der Waals surface area (Å²) in [4.78, 5) is 28.2. The Morgan fingerprint density at radius 2 is 1.49 bits per heavy atom. The van der Waals surface area contributed by atoms with Crippen LogP contribution in [-0.2, 0) is 26.2 Å². The standard InChI is InChI=1S/C28H30Cl3N3O4S/c1-18(2)32-28(36)20(4)33(16-21-7-9-22(29)10-8-21)27(35)17-34(23-11-14-25(30)26(31)15-23)39(37,38)24-12-5-19(3)6-13-24/h5-15,18,20H,16-17H2,1-4H3,(H,32,36)/t20-/m1/s1. The van der Waals surface area contributed by atoms with E-state index in [1.54, 1.807) is 43.3 Å². The highest BCUT2D eigenvalue weighted by Crippen LogP contribution is 2.31. The van der Waals surface area contributed by atoms with E-state index in [1.165, 1.54) is 35.2 Å². The summed E-state index contributed by atoms with van der Waals surface area (Å²) >= 11 is 18.3. The highest BCUT2D eigenvalue weighted by Gasteiger charge is 2.33. The van der Waals surface area contributed by atoms with Crippen molar-refractivity contribution in [1.29, 1.82) is 0 Å². The number of benzene rings is 3. The molecule has 39 heavy (non-hydrogen) atoms. The van der Waals surface area contributed by atoms with Gasteiger partial charge in [0, 0.05) is 17.6 Å². The SMILES string of the molecule is Cc1ccc(S(=O)(=O)N(CC(=O)N(Cc2ccc(Cl)cc2)[C@H](C)C(=O)NC(C)C)c2ccc(Cl)c(Cl)c2)cc1. The predicted octanol–water partition coefficient (Wildman–Crippen LogP) is 6.09. The summed E-state index contributed by atoms with van der Waals surface area (Å²) in [6.07, 6.45) is 0. The zero-order chi connectivity index (χ0) is 28.9. The van der Waals surface area contributed by atoms with Crippen LogP contribution in [0.15, 0.2) is 71.6 Å². The molecule has 7 nitrogen and oxygen atoms in total. The van der Waals surface area contributed by atoms with Crippen molar-refractivity contribution in [3.8, 4) is 0 Å². The molecule has 0 spiro atoms. The monoisotopic (exact) mass is 609 g/mol. The first-order valence-electron chi connectivity index (χ1n) is 12.2. The summed E-state index contributed by atoms with van der Waals surface area (Å²) < 4.78 is 28.6. The molecule has 0 fully saturated rings. The second-order valence-corrected chi connectivity index (χ2v) is 12.5. The number of carbonyl (C=O) groups is 2. The third-order valence-corrected chi connectivity index (χ3v) is 8.72. The minimum absolute atomic E-state index is 0.00169. The lowest BCUT2D eigenvalue weighted by Crippen LogP contribution is -2.52. The summed E-state index contributed by atoms with van der Waals surface area (Å²) in [5.74, 6) is -0.951. The highest BCUT2D eigenvalue weighted by atomic mass is 35.5. The Balaban J connectivity index is 2.05. The van der Waals surface area contributed by atoms with Crippen LogP contribution in [0, 0.1) is 6.92 Å². The minimum Gasteiger partial charge on any atom is -0.352 e. The van der Waals surface area contributed by atoms with Crippen LogP contribution in [0.2, 0.25) is 15.1 Å². The van der Waals surface area contributed by atoms with Crippen molar-refractivity contribution in [2.75, 3.05) is 10.8 Å². The van der Waals surface area contributed by atoms with E-state index >= 15 is 0 Å². The van der Waals surface area contributed by atoms with Crippen LogP contribution in [0.4, 0.5) is 5.69 Å². The van der Waals surface area contributed by atoms with Gasteiger partial charge in [0.1, 0.15) is 12.6 Å². The molecule has 0 heterocycles. The zero-order valence-corrected chi connectivity index (χ0v) is 25.1. The van der Waals surface area contributed by atoms with Crippen molar-refractivity contribution in [2.45, 2.75) is 51.2 Å². The number of nitrogens with zero attached hydrogens (tertiary/aromatic N) is 2. The molecule has 1 N–H and O–H groups in total. The fourth-order valence-electron chi connectivity index (χ4n) is 3.78. The number of aryl methyl sites for hydroxylation is 1. The van der Waals surface area contributed by atoms with E-state index in [1.807, 2.05) is 20.8 Å². The molecule has 1 atom stereocenters. The third-order valence-electron chi connectivity index (χ3n) is 5.94. The molecule has 0 aliphatic heterocycles. The van der Waals surface area contributed by atoms with E-state index in [0.717, 1.165) is 15.4 Å². The van der Waals surface area contributed by atoms with Crippen LogP contribution >= 0.6 is 34.8 Å². The van der Waals surface area contributed by atoms with Crippen LogP contribution in [0.5, 0.6) is 0 Å². The number of nitrogens with one attached hydrogen (secondary N) is 1. The number of hydrogen-bond acceptors (Lipinski definition) is 4. The van der Waals surface area contributed by atoms with Crippen LogP contribution in [0.1, 0.15) is 31.9 Å². The van der Waals surface area contributed by atoms with Crippen LogP contribution in [-0.4, -0.2) is 43.8 Å². The Bertz CT molecular complexity index is 1430. The first kappa shape index (κ1) is 30.8. The predicted molar refractivity (Wildman–Crippen MR) is 157 cm³/mol. The molecule has 3 rings (SSSR count). The second kappa shape index (κ2) is 13.0. The molecule has 0 aromatic heterocycles. The topological polar surface area (TPSA) is 86.8 Å². The zero-order valence-electron chi connectivity index (χ0n) is 22.0. The summed E-state index contributed by atoms with van der Waals surface area (Å²) in [5.41, 5.74) is 1.76. The average molecular weight is 611 g/mol. The van der Waals surface area contributed by atoms with Crippen molar-refractivity contribution < 1.29 is 18.0 Å². The molecule has 0 saturated carbocycles. The molecule has 2 amide bonds. The quantitative estimate of drug-likeness (QED) is 0.301. The Labute approximate surface area is 244 Å². The van der Waals surface area contributed by atoms with Gasteiger partial charge in [0.25, 0.3) is 10.0 Å². The Hall–Kier alpha value is -2.78. The molecule has 0 unspecified atom stereocenters. The van der Waals surface area contributed by atoms with Gasteiger partial charge in [0.05, 0.1) is 20.6 Å². The molecular formula is C28H30Cl3N3O4S. The lowest BCUT2D eigenvalue weighted by Gasteiger charge is -2.32. The number of halogens is 3. The summed E-state index contributed by atoms with van der Waals surface area (Å²) in [7, 11) is -4.21. The van der Waals surface area contributed by atoms with E-state index in [4.69, 9.17) is 34.8 Å². The van der Waals surface area contributed by atoms with Crippen LogP contribution < -0.4 is 9.62 Å². The van der Waals surface area contributed by atoms with Gasteiger partial charge in [-0.1, -0.05) is 64.6 Å². The van der Waals surface area contributed by atoms with Gasteiger partial charge in [-0.3, -0.25) is 13.9 Å². The largest absolute Gasteiger partial charge is 0.352 e. The average Bonchev–Trinajstić information content (AvgIpc) is 2.88. The molecule has 11 heteroatoms.